The highest BCUT2D eigenvalue weighted by Gasteiger charge is 2.49. The summed E-state index contributed by atoms with van der Waals surface area (Å²) in [5.74, 6) is 0.906. The summed E-state index contributed by atoms with van der Waals surface area (Å²) in [6, 6.07) is 11.9. The molecule has 2 aromatic rings. The summed E-state index contributed by atoms with van der Waals surface area (Å²) in [4.78, 5) is 0. The molecular formula is C17H11F3O3. The third-order valence-corrected chi connectivity index (χ3v) is 3.73. The van der Waals surface area contributed by atoms with Crippen molar-refractivity contribution < 1.29 is 27.4 Å². The molecule has 1 unspecified atom stereocenters. The Hall–Kier alpha value is -2.63. The minimum atomic E-state index is -4.51. The first-order chi connectivity index (χ1) is 11.0. The topological polar surface area (TPSA) is 27.7 Å². The van der Waals surface area contributed by atoms with Crippen LogP contribution in [0.4, 0.5) is 13.2 Å². The molecule has 2 aliphatic heterocycles. The highest BCUT2D eigenvalue weighted by molar-refractivity contribution is 5.82. The van der Waals surface area contributed by atoms with E-state index in [2.05, 4.69) is 0 Å². The van der Waals surface area contributed by atoms with Crippen LogP contribution in [0.25, 0.3) is 11.8 Å². The van der Waals surface area contributed by atoms with Crippen molar-refractivity contribution in [1.82, 2.24) is 0 Å². The fourth-order valence-corrected chi connectivity index (χ4v) is 2.70. The van der Waals surface area contributed by atoms with Gasteiger partial charge in [0.2, 0.25) is 12.9 Å². The van der Waals surface area contributed by atoms with E-state index in [4.69, 9.17) is 14.2 Å². The summed E-state index contributed by atoms with van der Waals surface area (Å²) >= 11 is 0. The summed E-state index contributed by atoms with van der Waals surface area (Å²) in [6.07, 6.45) is -4.91. The molecule has 3 nitrogen and oxygen atoms in total. The Bertz CT molecular complexity index is 782. The number of rotatable bonds is 1. The maximum Gasteiger partial charge on any atom is 0.429 e. The number of benzene rings is 2. The third kappa shape index (κ3) is 2.40. The van der Waals surface area contributed by atoms with Gasteiger partial charge in [0.15, 0.2) is 11.5 Å². The zero-order valence-corrected chi connectivity index (χ0v) is 11.8. The van der Waals surface area contributed by atoms with Gasteiger partial charge in [-0.3, -0.25) is 0 Å². The number of hydrogen-bond acceptors (Lipinski definition) is 3. The van der Waals surface area contributed by atoms with Crippen LogP contribution in [-0.4, -0.2) is 13.0 Å². The van der Waals surface area contributed by atoms with Crippen molar-refractivity contribution in [2.24, 2.45) is 0 Å². The smallest absolute Gasteiger partial charge is 0.429 e. The molecule has 0 spiro atoms. The van der Waals surface area contributed by atoms with Crippen LogP contribution in [0.15, 0.2) is 42.5 Å². The predicted octanol–water partition coefficient (Wildman–Crippen LogP) is 4.55. The molecule has 118 valence electrons. The predicted molar refractivity (Wildman–Crippen MR) is 76.8 cm³/mol. The fraction of sp³-hybridized carbons (Fsp3) is 0.176. The molecular weight excluding hydrogens is 309 g/mol. The van der Waals surface area contributed by atoms with E-state index in [0.717, 1.165) is 5.56 Å². The van der Waals surface area contributed by atoms with E-state index in [9.17, 15) is 13.2 Å². The quantitative estimate of drug-likeness (QED) is 0.772. The summed E-state index contributed by atoms with van der Waals surface area (Å²) in [5.41, 5.74) is 1.18. The minimum Gasteiger partial charge on any atom is -0.475 e. The zero-order chi connectivity index (χ0) is 16.0. The van der Waals surface area contributed by atoms with E-state index in [-0.39, 0.29) is 18.1 Å². The molecule has 0 N–H and O–H groups in total. The molecule has 23 heavy (non-hydrogen) atoms. The van der Waals surface area contributed by atoms with Gasteiger partial charge >= 0.3 is 6.18 Å². The fourth-order valence-electron chi connectivity index (χ4n) is 2.70. The van der Waals surface area contributed by atoms with Crippen molar-refractivity contribution in [2.75, 3.05) is 6.79 Å². The molecule has 0 aliphatic carbocycles. The van der Waals surface area contributed by atoms with Crippen LogP contribution in [0.2, 0.25) is 0 Å². The molecule has 6 heteroatoms. The minimum absolute atomic E-state index is 0.00744. The van der Waals surface area contributed by atoms with E-state index in [1.807, 2.05) is 18.2 Å². The van der Waals surface area contributed by atoms with Gasteiger partial charge in [0.1, 0.15) is 5.76 Å². The molecule has 0 amide bonds. The summed E-state index contributed by atoms with van der Waals surface area (Å²) < 4.78 is 55.5. The van der Waals surface area contributed by atoms with Crippen molar-refractivity contribution in [3.05, 3.63) is 59.2 Å². The van der Waals surface area contributed by atoms with Crippen molar-refractivity contribution in [3.8, 4) is 11.5 Å². The molecule has 0 bridgehead atoms. The Balaban J connectivity index is 1.85. The van der Waals surface area contributed by atoms with Gasteiger partial charge in [-0.1, -0.05) is 30.3 Å². The number of halogens is 3. The van der Waals surface area contributed by atoms with Gasteiger partial charge < -0.3 is 14.2 Å². The lowest BCUT2D eigenvalue weighted by molar-refractivity contribution is -0.201. The molecule has 0 radical (unpaired) electrons. The maximum absolute atomic E-state index is 13.3. The molecule has 4 rings (SSSR count). The summed E-state index contributed by atoms with van der Waals surface area (Å²) in [6.45, 7) is 0.00744. The van der Waals surface area contributed by atoms with Crippen LogP contribution in [0.3, 0.4) is 0 Å². The lowest BCUT2D eigenvalue weighted by Gasteiger charge is -2.15. The van der Waals surface area contributed by atoms with Crippen LogP contribution < -0.4 is 9.47 Å². The van der Waals surface area contributed by atoms with Crippen molar-refractivity contribution in [2.45, 2.75) is 12.3 Å². The van der Waals surface area contributed by atoms with Crippen LogP contribution in [0.1, 0.15) is 22.8 Å². The standard InChI is InChI=1S/C17H11F3O3/c18-17(19,20)16-12-8-15-14(21-9-22-15)7-11(12)13(23-16)6-10-4-2-1-3-5-10/h1-8,16H,9H2/b13-6-. The first kappa shape index (κ1) is 14.0. The van der Waals surface area contributed by atoms with Gasteiger partial charge in [-0.2, -0.15) is 13.2 Å². The maximum atomic E-state index is 13.3. The van der Waals surface area contributed by atoms with Gasteiger partial charge in [-0.15, -0.1) is 0 Å². The second-order valence-electron chi connectivity index (χ2n) is 5.25. The second-order valence-corrected chi connectivity index (χ2v) is 5.25. The van der Waals surface area contributed by atoms with Crippen LogP contribution in [0, 0.1) is 0 Å². The van der Waals surface area contributed by atoms with Gasteiger partial charge in [0, 0.05) is 11.1 Å². The number of alkyl halides is 3. The number of ether oxygens (including phenoxy) is 3. The van der Waals surface area contributed by atoms with E-state index in [0.29, 0.717) is 17.1 Å². The SMILES string of the molecule is FC(F)(F)C1O/C(=C\c2ccccc2)c2cc3c(cc21)OCO3. The van der Waals surface area contributed by atoms with Gasteiger partial charge in [-0.25, -0.2) is 0 Å². The average Bonchev–Trinajstić information content (AvgIpc) is 3.10. The van der Waals surface area contributed by atoms with Crippen LogP contribution in [0.5, 0.6) is 11.5 Å². The number of hydrogen-bond donors (Lipinski definition) is 0. The molecule has 0 saturated carbocycles. The largest absolute Gasteiger partial charge is 0.475 e. The first-order valence-corrected chi connectivity index (χ1v) is 6.96. The highest BCUT2D eigenvalue weighted by Crippen LogP contribution is 2.51. The molecule has 2 aliphatic rings. The Morgan fingerprint density at radius 3 is 2.39 bits per heavy atom. The lowest BCUT2D eigenvalue weighted by Crippen LogP contribution is -2.19. The third-order valence-electron chi connectivity index (χ3n) is 3.73. The molecule has 0 fully saturated rings. The van der Waals surface area contributed by atoms with Gasteiger partial charge in [-0.05, 0) is 23.8 Å². The normalized spacial score (nSPS) is 20.5. The molecule has 0 saturated heterocycles. The highest BCUT2D eigenvalue weighted by atomic mass is 19.4. The van der Waals surface area contributed by atoms with Crippen molar-refractivity contribution in [1.29, 1.82) is 0 Å². The molecule has 2 heterocycles. The van der Waals surface area contributed by atoms with E-state index >= 15 is 0 Å². The van der Waals surface area contributed by atoms with Crippen LogP contribution >= 0.6 is 0 Å². The lowest BCUT2D eigenvalue weighted by atomic mass is 10.0. The van der Waals surface area contributed by atoms with Gasteiger partial charge in [0.05, 0.1) is 0 Å². The summed E-state index contributed by atoms with van der Waals surface area (Å²) in [5, 5.41) is 0. The molecule has 2 aromatic carbocycles. The Kier molecular flexibility index (Phi) is 3.01. The Morgan fingerprint density at radius 1 is 1.00 bits per heavy atom. The second kappa shape index (κ2) is 4.94. The zero-order valence-electron chi connectivity index (χ0n) is 11.8. The Labute approximate surface area is 129 Å². The summed E-state index contributed by atoms with van der Waals surface area (Å²) in [7, 11) is 0. The van der Waals surface area contributed by atoms with Crippen molar-refractivity contribution >= 4 is 11.8 Å². The first-order valence-electron chi connectivity index (χ1n) is 6.96. The van der Waals surface area contributed by atoms with E-state index < -0.39 is 12.3 Å². The molecule has 1 atom stereocenters. The van der Waals surface area contributed by atoms with Crippen molar-refractivity contribution in [3.63, 3.8) is 0 Å². The van der Waals surface area contributed by atoms with Crippen LogP contribution in [-0.2, 0) is 4.74 Å². The van der Waals surface area contributed by atoms with E-state index in [1.54, 1.807) is 18.2 Å². The average molecular weight is 320 g/mol. The Morgan fingerprint density at radius 2 is 1.70 bits per heavy atom. The number of fused-ring (bicyclic) bond motifs is 2. The van der Waals surface area contributed by atoms with Gasteiger partial charge in [0.25, 0.3) is 0 Å². The molecule has 0 aromatic heterocycles. The monoisotopic (exact) mass is 320 g/mol. The van der Waals surface area contributed by atoms with E-state index in [1.165, 1.54) is 12.1 Å².